The van der Waals surface area contributed by atoms with Gasteiger partial charge in [-0.25, -0.2) is 0 Å². The topological polar surface area (TPSA) is 40.5 Å². The van der Waals surface area contributed by atoms with Crippen LogP contribution in [0.1, 0.15) is 38.7 Å². The van der Waals surface area contributed by atoms with Crippen LogP contribution in [0.25, 0.3) is 0 Å². The number of nitrogens with zero attached hydrogens (tertiary/aromatic N) is 1. The first-order chi connectivity index (χ1) is 9.60. The summed E-state index contributed by atoms with van der Waals surface area (Å²) in [5, 5.41) is 9.00. The van der Waals surface area contributed by atoms with Crippen molar-refractivity contribution in [2.75, 3.05) is 6.54 Å². The van der Waals surface area contributed by atoms with E-state index in [9.17, 15) is 4.79 Å². The van der Waals surface area contributed by atoms with Crippen molar-refractivity contribution >= 4 is 5.97 Å². The number of carboxylic acids is 1. The van der Waals surface area contributed by atoms with Crippen LogP contribution in [0.5, 0.6) is 0 Å². The van der Waals surface area contributed by atoms with Gasteiger partial charge < -0.3 is 5.11 Å². The summed E-state index contributed by atoms with van der Waals surface area (Å²) in [6.45, 7) is 6.08. The molecular formula is C17H23NO2. The van der Waals surface area contributed by atoms with Gasteiger partial charge in [-0.15, -0.1) is 0 Å². The van der Waals surface area contributed by atoms with E-state index in [1.54, 1.807) is 0 Å². The van der Waals surface area contributed by atoms with E-state index in [2.05, 4.69) is 43.0 Å². The van der Waals surface area contributed by atoms with Crippen molar-refractivity contribution in [3.8, 4) is 0 Å². The Hall–Kier alpha value is -1.61. The highest BCUT2D eigenvalue weighted by Gasteiger charge is 2.25. The smallest absolute Gasteiger partial charge is 0.307 e. The third-order valence-corrected chi connectivity index (χ3v) is 4.11. The lowest BCUT2D eigenvalue weighted by molar-refractivity contribution is -0.136. The fraction of sp³-hybridized carbons (Fsp3) is 0.471. The lowest BCUT2D eigenvalue weighted by Gasteiger charge is -2.37. The molecule has 1 aliphatic heterocycles. The van der Waals surface area contributed by atoms with E-state index >= 15 is 0 Å². The zero-order valence-electron chi connectivity index (χ0n) is 12.3. The Labute approximate surface area is 120 Å². The maximum absolute atomic E-state index is 10.9. The van der Waals surface area contributed by atoms with E-state index < -0.39 is 5.97 Å². The number of carbonyl (C=O) groups is 1. The molecule has 0 radical (unpaired) electrons. The summed E-state index contributed by atoms with van der Waals surface area (Å²) in [5.41, 5.74) is 3.67. The lowest BCUT2D eigenvalue weighted by atomic mass is 9.91. The molecule has 1 atom stereocenters. The summed E-state index contributed by atoms with van der Waals surface area (Å²) < 4.78 is 0. The summed E-state index contributed by atoms with van der Waals surface area (Å²) in [5.74, 6) is -0.717. The molecule has 0 aliphatic carbocycles. The molecule has 0 spiro atoms. The summed E-state index contributed by atoms with van der Waals surface area (Å²) in [6, 6.07) is 10.9. The SMILES string of the molecule is CCC1CC(CC(=O)O)=C(C)CN1Cc1ccccc1. The zero-order valence-corrected chi connectivity index (χ0v) is 12.3. The van der Waals surface area contributed by atoms with Crippen LogP contribution in [0.2, 0.25) is 0 Å². The van der Waals surface area contributed by atoms with Crippen molar-refractivity contribution in [3.05, 3.63) is 47.0 Å². The summed E-state index contributed by atoms with van der Waals surface area (Å²) >= 11 is 0. The van der Waals surface area contributed by atoms with Crippen molar-refractivity contribution in [2.45, 2.75) is 45.7 Å². The largest absolute Gasteiger partial charge is 0.481 e. The molecule has 3 heteroatoms. The van der Waals surface area contributed by atoms with Gasteiger partial charge in [0.2, 0.25) is 0 Å². The fourth-order valence-corrected chi connectivity index (χ4v) is 2.94. The summed E-state index contributed by atoms with van der Waals surface area (Å²) in [6.07, 6.45) is 2.15. The predicted molar refractivity (Wildman–Crippen MR) is 80.5 cm³/mol. The van der Waals surface area contributed by atoms with Gasteiger partial charge in [0.15, 0.2) is 0 Å². The maximum atomic E-state index is 10.9. The van der Waals surface area contributed by atoms with Gasteiger partial charge in [-0.2, -0.15) is 0 Å². The van der Waals surface area contributed by atoms with Gasteiger partial charge in [0.25, 0.3) is 0 Å². The monoisotopic (exact) mass is 273 g/mol. The van der Waals surface area contributed by atoms with E-state index in [0.29, 0.717) is 6.04 Å². The minimum atomic E-state index is -0.717. The van der Waals surface area contributed by atoms with Crippen LogP contribution in [0.3, 0.4) is 0 Å². The lowest BCUT2D eigenvalue weighted by Crippen LogP contribution is -2.39. The molecule has 0 saturated carbocycles. The molecule has 0 aromatic heterocycles. The van der Waals surface area contributed by atoms with Crippen LogP contribution < -0.4 is 0 Å². The second kappa shape index (κ2) is 6.71. The van der Waals surface area contributed by atoms with Gasteiger partial charge in [-0.1, -0.05) is 48.4 Å². The van der Waals surface area contributed by atoms with Crippen molar-refractivity contribution in [1.29, 1.82) is 0 Å². The minimum Gasteiger partial charge on any atom is -0.481 e. The Balaban J connectivity index is 2.11. The highest BCUT2D eigenvalue weighted by atomic mass is 16.4. The van der Waals surface area contributed by atoms with Crippen LogP contribution >= 0.6 is 0 Å². The Kier molecular flexibility index (Phi) is 4.96. The molecule has 1 N–H and O–H groups in total. The number of benzene rings is 1. The molecule has 0 saturated heterocycles. The average Bonchev–Trinajstić information content (AvgIpc) is 2.42. The quantitative estimate of drug-likeness (QED) is 0.835. The molecule has 0 fully saturated rings. The number of aliphatic carboxylic acids is 1. The predicted octanol–water partition coefficient (Wildman–Crippen LogP) is 3.46. The van der Waals surface area contributed by atoms with Crippen molar-refractivity contribution < 1.29 is 9.90 Å². The van der Waals surface area contributed by atoms with Crippen molar-refractivity contribution in [2.24, 2.45) is 0 Å². The van der Waals surface area contributed by atoms with E-state index in [4.69, 9.17) is 5.11 Å². The Bertz CT molecular complexity index is 493. The molecule has 0 bridgehead atoms. The van der Waals surface area contributed by atoms with Gasteiger partial charge in [-0.3, -0.25) is 9.69 Å². The van der Waals surface area contributed by atoms with Gasteiger partial charge in [0.1, 0.15) is 0 Å². The minimum absolute atomic E-state index is 0.196. The third kappa shape index (κ3) is 3.70. The first-order valence-electron chi connectivity index (χ1n) is 7.27. The molecule has 1 aliphatic rings. The Morgan fingerprint density at radius 1 is 1.35 bits per heavy atom. The van der Waals surface area contributed by atoms with E-state index in [1.807, 2.05) is 6.07 Å². The van der Waals surface area contributed by atoms with Crippen LogP contribution in [0.15, 0.2) is 41.5 Å². The first-order valence-corrected chi connectivity index (χ1v) is 7.27. The fourth-order valence-electron chi connectivity index (χ4n) is 2.94. The summed E-state index contributed by atoms with van der Waals surface area (Å²) in [4.78, 5) is 13.4. The van der Waals surface area contributed by atoms with Crippen LogP contribution in [0.4, 0.5) is 0 Å². The third-order valence-electron chi connectivity index (χ3n) is 4.11. The van der Waals surface area contributed by atoms with E-state index in [0.717, 1.165) is 31.5 Å². The maximum Gasteiger partial charge on any atom is 0.307 e. The normalized spacial score (nSPS) is 20.2. The van der Waals surface area contributed by atoms with Gasteiger partial charge in [0, 0.05) is 19.1 Å². The van der Waals surface area contributed by atoms with E-state index in [-0.39, 0.29) is 6.42 Å². The molecule has 1 unspecified atom stereocenters. The average molecular weight is 273 g/mol. The van der Waals surface area contributed by atoms with E-state index in [1.165, 1.54) is 11.1 Å². The van der Waals surface area contributed by atoms with Gasteiger partial charge >= 0.3 is 5.97 Å². The second-order valence-electron chi connectivity index (χ2n) is 5.61. The Morgan fingerprint density at radius 2 is 2.05 bits per heavy atom. The van der Waals surface area contributed by atoms with Crippen LogP contribution in [-0.2, 0) is 11.3 Å². The molecular weight excluding hydrogens is 250 g/mol. The van der Waals surface area contributed by atoms with Gasteiger partial charge in [0.05, 0.1) is 6.42 Å². The zero-order chi connectivity index (χ0) is 14.5. The highest BCUT2D eigenvalue weighted by molar-refractivity contribution is 5.70. The standard InChI is InChI=1S/C17H23NO2/c1-3-16-9-15(10-17(19)20)13(2)11-18(16)12-14-7-5-4-6-8-14/h4-8,16H,3,9-12H2,1-2H3,(H,19,20). The first kappa shape index (κ1) is 14.8. The van der Waals surface area contributed by atoms with Crippen LogP contribution in [0, 0.1) is 0 Å². The molecule has 20 heavy (non-hydrogen) atoms. The number of hydrogen-bond acceptors (Lipinski definition) is 2. The highest BCUT2D eigenvalue weighted by Crippen LogP contribution is 2.28. The van der Waals surface area contributed by atoms with Crippen LogP contribution in [-0.4, -0.2) is 28.6 Å². The molecule has 2 rings (SSSR count). The molecule has 108 valence electrons. The summed E-state index contributed by atoms with van der Waals surface area (Å²) in [7, 11) is 0. The molecule has 1 heterocycles. The van der Waals surface area contributed by atoms with Crippen molar-refractivity contribution in [3.63, 3.8) is 0 Å². The van der Waals surface area contributed by atoms with Crippen molar-refractivity contribution in [1.82, 2.24) is 4.90 Å². The number of rotatable bonds is 5. The Morgan fingerprint density at radius 3 is 2.65 bits per heavy atom. The molecule has 0 amide bonds. The second-order valence-corrected chi connectivity index (χ2v) is 5.61. The molecule has 1 aromatic rings. The molecule has 3 nitrogen and oxygen atoms in total. The number of hydrogen-bond donors (Lipinski definition) is 1. The van der Waals surface area contributed by atoms with Gasteiger partial charge in [-0.05, 0) is 25.3 Å². The molecule has 1 aromatic carbocycles. The number of carboxylic acid groups (broad SMARTS) is 1.